The summed E-state index contributed by atoms with van der Waals surface area (Å²) in [5.74, 6) is 0.807. The molecule has 2 saturated heterocycles. The summed E-state index contributed by atoms with van der Waals surface area (Å²) < 4.78 is 5.60. The Bertz CT molecular complexity index is 772. The van der Waals surface area contributed by atoms with Crippen molar-refractivity contribution in [1.82, 2.24) is 15.2 Å². The molecular weight excluding hydrogens is 296 g/mol. The Morgan fingerprint density at radius 3 is 3.04 bits per heavy atom. The highest BCUT2D eigenvalue weighted by atomic mass is 16.4. The highest BCUT2D eigenvalue weighted by molar-refractivity contribution is 5.96. The topological polar surface area (TPSA) is 78.7 Å². The number of hydrogen-bond donors (Lipinski definition) is 1. The largest absolute Gasteiger partial charge is 0.440 e. The molecule has 2 unspecified atom stereocenters. The second kappa shape index (κ2) is 5.34. The summed E-state index contributed by atoms with van der Waals surface area (Å²) in [7, 11) is 1.61. The van der Waals surface area contributed by atoms with Crippen molar-refractivity contribution in [2.75, 3.05) is 31.6 Å². The molecule has 2 aliphatic rings. The van der Waals surface area contributed by atoms with Gasteiger partial charge in [0.25, 0.3) is 5.91 Å². The number of hydrogen-bond acceptors (Lipinski definition) is 5. The zero-order valence-electron chi connectivity index (χ0n) is 12.9. The molecule has 120 valence electrons. The van der Waals surface area contributed by atoms with E-state index in [1.165, 1.54) is 4.90 Å². The average molecular weight is 314 g/mol. The van der Waals surface area contributed by atoms with Gasteiger partial charge in [-0.15, -0.1) is 0 Å². The molecule has 0 radical (unpaired) electrons. The van der Waals surface area contributed by atoms with Crippen LogP contribution in [0.4, 0.5) is 5.88 Å². The number of pyridine rings is 1. The maximum absolute atomic E-state index is 12.4. The molecule has 7 nitrogen and oxygen atoms in total. The number of furan rings is 1. The van der Waals surface area contributed by atoms with Gasteiger partial charge in [-0.1, -0.05) is 0 Å². The Balaban J connectivity index is 1.54. The van der Waals surface area contributed by atoms with Crippen LogP contribution in [-0.2, 0) is 4.79 Å². The lowest BCUT2D eigenvalue weighted by Gasteiger charge is -2.22. The van der Waals surface area contributed by atoms with Crippen LogP contribution < -0.4 is 10.2 Å². The predicted octanol–water partition coefficient (Wildman–Crippen LogP) is 0.854. The summed E-state index contributed by atoms with van der Waals surface area (Å²) in [6.45, 7) is 3.14. The number of aromatic nitrogens is 1. The van der Waals surface area contributed by atoms with Crippen molar-refractivity contribution in [3.05, 3.63) is 24.0 Å². The standard InChI is InChI=1S/C16H18N4O3/c1-19(9-21)15-4-11-6-17-12(5-14(11)23-15)16(22)18-13-8-20-3-2-10(13)7-20/h4-6,9-10,13H,2-3,7-8H2,1H3,(H,18,22)/t10-,13?/m0/s1. The van der Waals surface area contributed by atoms with Crippen LogP contribution in [0.25, 0.3) is 11.0 Å². The van der Waals surface area contributed by atoms with Crippen LogP contribution in [0.15, 0.2) is 22.7 Å². The van der Waals surface area contributed by atoms with E-state index in [0.717, 1.165) is 31.4 Å². The summed E-state index contributed by atoms with van der Waals surface area (Å²) in [4.78, 5) is 31.1. The van der Waals surface area contributed by atoms with Crippen LogP contribution >= 0.6 is 0 Å². The molecule has 2 fully saturated rings. The van der Waals surface area contributed by atoms with Gasteiger partial charge in [0.05, 0.1) is 0 Å². The summed E-state index contributed by atoms with van der Waals surface area (Å²) in [5, 5.41) is 3.84. The zero-order chi connectivity index (χ0) is 16.0. The summed E-state index contributed by atoms with van der Waals surface area (Å²) >= 11 is 0. The number of rotatable bonds is 4. The van der Waals surface area contributed by atoms with E-state index in [9.17, 15) is 9.59 Å². The van der Waals surface area contributed by atoms with Crippen molar-refractivity contribution in [2.24, 2.45) is 5.92 Å². The van der Waals surface area contributed by atoms with E-state index in [1.807, 2.05) is 0 Å². The Hall–Kier alpha value is -2.41. The normalized spacial score (nSPS) is 25.7. The van der Waals surface area contributed by atoms with Gasteiger partial charge in [-0.05, 0) is 18.9 Å². The highest BCUT2D eigenvalue weighted by Crippen LogP contribution is 2.28. The first kappa shape index (κ1) is 14.2. The van der Waals surface area contributed by atoms with Gasteiger partial charge in [0.1, 0.15) is 11.3 Å². The Morgan fingerprint density at radius 2 is 2.35 bits per heavy atom. The summed E-state index contributed by atoms with van der Waals surface area (Å²) in [6, 6.07) is 3.56. The lowest BCUT2D eigenvalue weighted by Crippen LogP contribution is -2.43. The SMILES string of the molecule is CN(C=O)c1cc2cnc(C(=O)NC3CN4CC[C@H]3C4)cc2o1. The maximum atomic E-state index is 12.4. The van der Waals surface area contributed by atoms with Crippen LogP contribution in [0.5, 0.6) is 0 Å². The quantitative estimate of drug-likeness (QED) is 0.847. The van der Waals surface area contributed by atoms with Gasteiger partial charge in [-0.2, -0.15) is 0 Å². The first-order chi connectivity index (χ1) is 11.1. The molecule has 2 aliphatic heterocycles. The second-order valence-electron chi connectivity index (χ2n) is 6.30. The van der Waals surface area contributed by atoms with Crippen LogP contribution in [0.3, 0.4) is 0 Å². The average Bonchev–Trinajstić information content (AvgIpc) is 3.27. The first-order valence-corrected chi connectivity index (χ1v) is 7.75. The van der Waals surface area contributed by atoms with E-state index < -0.39 is 0 Å². The van der Waals surface area contributed by atoms with E-state index in [4.69, 9.17) is 4.42 Å². The number of fused-ring (bicyclic) bond motifs is 3. The third-order valence-electron chi connectivity index (χ3n) is 4.78. The minimum atomic E-state index is -0.174. The van der Waals surface area contributed by atoms with Gasteiger partial charge < -0.3 is 14.6 Å². The smallest absolute Gasteiger partial charge is 0.270 e. The summed E-state index contributed by atoms with van der Waals surface area (Å²) in [5.41, 5.74) is 0.885. The molecule has 1 N–H and O–H groups in total. The molecule has 7 heteroatoms. The molecule has 2 amide bonds. The molecule has 3 atom stereocenters. The fourth-order valence-corrected chi connectivity index (χ4v) is 3.46. The van der Waals surface area contributed by atoms with Crippen LogP contribution in [-0.4, -0.2) is 54.9 Å². The Morgan fingerprint density at radius 1 is 1.48 bits per heavy atom. The lowest BCUT2D eigenvalue weighted by molar-refractivity contribution is -0.107. The van der Waals surface area contributed by atoms with Crippen molar-refractivity contribution < 1.29 is 14.0 Å². The van der Waals surface area contributed by atoms with E-state index in [2.05, 4.69) is 15.2 Å². The molecule has 0 aromatic carbocycles. The van der Waals surface area contributed by atoms with Crippen LogP contribution in [0.1, 0.15) is 16.9 Å². The molecule has 23 heavy (non-hydrogen) atoms. The predicted molar refractivity (Wildman–Crippen MR) is 84.3 cm³/mol. The fourth-order valence-electron chi connectivity index (χ4n) is 3.46. The van der Waals surface area contributed by atoms with Gasteiger partial charge in [0, 0.05) is 49.9 Å². The van der Waals surface area contributed by atoms with Crippen molar-refractivity contribution in [1.29, 1.82) is 0 Å². The molecule has 2 aromatic rings. The van der Waals surface area contributed by atoms with Crippen molar-refractivity contribution in [2.45, 2.75) is 12.5 Å². The molecule has 0 saturated carbocycles. The van der Waals surface area contributed by atoms with Gasteiger partial charge in [-0.25, -0.2) is 0 Å². The molecule has 2 aromatic heterocycles. The first-order valence-electron chi connectivity index (χ1n) is 7.75. The molecule has 0 aliphatic carbocycles. The van der Waals surface area contributed by atoms with E-state index in [-0.39, 0.29) is 11.9 Å². The maximum Gasteiger partial charge on any atom is 0.270 e. The minimum Gasteiger partial charge on any atom is -0.440 e. The van der Waals surface area contributed by atoms with Crippen LogP contribution in [0.2, 0.25) is 0 Å². The zero-order valence-corrected chi connectivity index (χ0v) is 12.9. The van der Waals surface area contributed by atoms with Gasteiger partial charge >= 0.3 is 0 Å². The molecule has 2 bridgehead atoms. The van der Waals surface area contributed by atoms with Gasteiger partial charge in [0.15, 0.2) is 0 Å². The van der Waals surface area contributed by atoms with Gasteiger partial charge in [0.2, 0.25) is 12.3 Å². The monoisotopic (exact) mass is 314 g/mol. The van der Waals surface area contributed by atoms with E-state index in [1.54, 1.807) is 25.4 Å². The molecule has 0 spiro atoms. The fraction of sp³-hybridized carbons (Fsp3) is 0.438. The number of nitrogens with one attached hydrogen (secondary N) is 1. The van der Waals surface area contributed by atoms with Crippen LogP contribution in [0, 0.1) is 5.92 Å². The Kier molecular flexibility index (Phi) is 3.30. The molecule has 4 rings (SSSR count). The van der Waals surface area contributed by atoms with E-state index >= 15 is 0 Å². The van der Waals surface area contributed by atoms with Gasteiger partial charge in [-0.3, -0.25) is 19.5 Å². The van der Waals surface area contributed by atoms with E-state index in [0.29, 0.717) is 29.5 Å². The highest BCUT2D eigenvalue weighted by Gasteiger charge is 2.38. The summed E-state index contributed by atoms with van der Waals surface area (Å²) in [6.07, 6.45) is 3.42. The lowest BCUT2D eigenvalue weighted by atomic mass is 10.00. The third kappa shape index (κ3) is 2.46. The number of carbonyl (C=O) groups is 2. The van der Waals surface area contributed by atoms with Crippen molar-refractivity contribution in [3.8, 4) is 0 Å². The number of amides is 2. The van der Waals surface area contributed by atoms with Crippen molar-refractivity contribution >= 4 is 29.2 Å². The molecule has 4 heterocycles. The number of nitrogens with zero attached hydrogens (tertiary/aromatic N) is 3. The minimum absolute atomic E-state index is 0.174. The number of piperidine rings is 1. The number of anilines is 1. The third-order valence-corrected chi connectivity index (χ3v) is 4.78. The Labute approximate surface area is 133 Å². The number of carbonyl (C=O) groups excluding carboxylic acids is 2. The van der Waals surface area contributed by atoms with Crippen molar-refractivity contribution in [3.63, 3.8) is 0 Å². The molecular formula is C16H18N4O3. The second-order valence-corrected chi connectivity index (χ2v) is 6.30.